The van der Waals surface area contributed by atoms with E-state index in [1.807, 2.05) is 0 Å². The fourth-order valence-corrected chi connectivity index (χ4v) is 2.09. The van der Waals surface area contributed by atoms with Crippen molar-refractivity contribution in [3.63, 3.8) is 0 Å². The SMILES string of the molecule is O=C(O)c1ccc(C2C=CC(F)([N+](=O)[O-])C=C2)c(C(=O)O)c1. The lowest BCUT2D eigenvalue weighted by Gasteiger charge is -2.18. The number of carbonyl (C=O) groups is 2. The minimum atomic E-state index is -2.82. The van der Waals surface area contributed by atoms with Gasteiger partial charge in [0, 0.05) is 18.1 Å². The van der Waals surface area contributed by atoms with Crippen molar-refractivity contribution >= 4 is 11.9 Å². The van der Waals surface area contributed by atoms with Gasteiger partial charge in [0.25, 0.3) is 0 Å². The summed E-state index contributed by atoms with van der Waals surface area (Å²) in [5, 5.41) is 28.6. The second-order valence-corrected chi connectivity index (χ2v) is 4.64. The first-order chi connectivity index (χ1) is 10.2. The maximum Gasteiger partial charge on any atom is 0.397 e. The van der Waals surface area contributed by atoms with Crippen LogP contribution in [-0.2, 0) is 0 Å². The molecule has 1 aromatic carbocycles. The quantitative estimate of drug-likeness (QED) is 0.381. The fraction of sp³-hybridized carbons (Fsp3) is 0.143. The maximum atomic E-state index is 13.7. The normalized spacial score (nSPS) is 23.2. The van der Waals surface area contributed by atoms with E-state index in [0.29, 0.717) is 0 Å². The number of aromatic carboxylic acids is 2. The van der Waals surface area contributed by atoms with Crippen molar-refractivity contribution in [3.05, 3.63) is 69.3 Å². The molecule has 1 aliphatic carbocycles. The number of nitro groups is 1. The molecule has 0 fully saturated rings. The van der Waals surface area contributed by atoms with Gasteiger partial charge in [0.1, 0.15) is 0 Å². The molecule has 0 amide bonds. The molecule has 1 aromatic rings. The number of hydrogen-bond acceptors (Lipinski definition) is 4. The number of carboxylic acids is 2. The van der Waals surface area contributed by atoms with Gasteiger partial charge >= 0.3 is 17.7 Å². The third-order valence-electron chi connectivity index (χ3n) is 3.24. The molecular weight excluding hydrogens is 297 g/mol. The number of rotatable bonds is 4. The Labute approximate surface area is 123 Å². The van der Waals surface area contributed by atoms with E-state index in [4.69, 9.17) is 5.11 Å². The number of benzene rings is 1. The smallest absolute Gasteiger partial charge is 0.397 e. The van der Waals surface area contributed by atoms with E-state index < -0.39 is 28.6 Å². The van der Waals surface area contributed by atoms with Gasteiger partial charge in [-0.3, -0.25) is 10.1 Å². The van der Waals surface area contributed by atoms with Crippen LogP contribution in [0, 0.1) is 10.1 Å². The van der Waals surface area contributed by atoms with Crippen LogP contribution < -0.4 is 0 Å². The molecule has 2 rings (SSSR count). The Kier molecular flexibility index (Phi) is 3.77. The molecule has 22 heavy (non-hydrogen) atoms. The highest BCUT2D eigenvalue weighted by atomic mass is 19.1. The zero-order valence-corrected chi connectivity index (χ0v) is 11.0. The first kappa shape index (κ1) is 15.4. The number of allylic oxidation sites excluding steroid dienone is 2. The lowest BCUT2D eigenvalue weighted by Crippen LogP contribution is -2.30. The number of nitrogens with zero attached hydrogens (tertiary/aromatic N) is 1. The van der Waals surface area contributed by atoms with Gasteiger partial charge in [-0.05, 0) is 17.7 Å². The first-order valence-corrected chi connectivity index (χ1v) is 6.07. The van der Waals surface area contributed by atoms with Crippen LogP contribution >= 0.6 is 0 Å². The second-order valence-electron chi connectivity index (χ2n) is 4.64. The predicted octanol–water partition coefficient (Wildman–Crippen LogP) is 2.24. The summed E-state index contributed by atoms with van der Waals surface area (Å²) in [5.41, 5.74) is -0.239. The van der Waals surface area contributed by atoms with Gasteiger partial charge < -0.3 is 10.2 Å². The van der Waals surface area contributed by atoms with Gasteiger partial charge in [0.05, 0.1) is 16.1 Å². The maximum absolute atomic E-state index is 13.7. The van der Waals surface area contributed by atoms with Gasteiger partial charge in [-0.15, -0.1) is 0 Å². The van der Waals surface area contributed by atoms with Crippen LogP contribution in [0.1, 0.15) is 32.2 Å². The molecular formula is C14H10FNO6. The van der Waals surface area contributed by atoms with Gasteiger partial charge in [-0.1, -0.05) is 18.2 Å². The Morgan fingerprint density at radius 3 is 2.23 bits per heavy atom. The highest BCUT2D eigenvalue weighted by Gasteiger charge is 2.39. The molecule has 0 aromatic heterocycles. The van der Waals surface area contributed by atoms with E-state index in [1.165, 1.54) is 24.3 Å². The van der Waals surface area contributed by atoms with E-state index in [2.05, 4.69) is 0 Å². The molecule has 0 unspecified atom stereocenters. The summed E-state index contributed by atoms with van der Waals surface area (Å²) in [6, 6.07) is 3.51. The summed E-state index contributed by atoms with van der Waals surface area (Å²) >= 11 is 0. The monoisotopic (exact) mass is 307 g/mol. The molecule has 0 atom stereocenters. The minimum absolute atomic E-state index is 0.199. The molecule has 0 bridgehead atoms. The van der Waals surface area contributed by atoms with Gasteiger partial charge in [0.2, 0.25) is 0 Å². The molecule has 1 aliphatic rings. The molecule has 2 N–H and O–H groups in total. The molecule has 0 aliphatic heterocycles. The predicted molar refractivity (Wildman–Crippen MR) is 72.2 cm³/mol. The van der Waals surface area contributed by atoms with Crippen molar-refractivity contribution in [3.8, 4) is 0 Å². The van der Waals surface area contributed by atoms with Gasteiger partial charge in [-0.2, -0.15) is 4.39 Å². The number of alkyl halides is 1. The Morgan fingerprint density at radius 2 is 1.77 bits per heavy atom. The van der Waals surface area contributed by atoms with Crippen LogP contribution in [0.3, 0.4) is 0 Å². The standard InChI is InChI=1S/C14H10FNO6/c15-14(16(21)22)5-3-8(4-6-14)10-2-1-9(12(17)18)7-11(10)13(19)20/h1-8H,(H,17,18)(H,19,20). The lowest BCUT2D eigenvalue weighted by molar-refractivity contribution is -0.573. The van der Waals surface area contributed by atoms with Crippen molar-refractivity contribution in [2.45, 2.75) is 11.7 Å². The Bertz CT molecular complexity index is 710. The van der Waals surface area contributed by atoms with Crippen LogP contribution in [0.15, 0.2) is 42.5 Å². The first-order valence-electron chi connectivity index (χ1n) is 6.07. The summed E-state index contributed by atoms with van der Waals surface area (Å²) in [6.45, 7) is 0. The van der Waals surface area contributed by atoms with Crippen molar-refractivity contribution in [2.24, 2.45) is 0 Å². The third kappa shape index (κ3) is 2.71. The Balaban J connectivity index is 2.43. The third-order valence-corrected chi connectivity index (χ3v) is 3.24. The van der Waals surface area contributed by atoms with E-state index >= 15 is 0 Å². The van der Waals surface area contributed by atoms with Crippen LogP contribution in [0.25, 0.3) is 0 Å². The van der Waals surface area contributed by atoms with Gasteiger partial charge in [-0.25, -0.2) is 9.59 Å². The summed E-state index contributed by atoms with van der Waals surface area (Å²) in [7, 11) is 0. The van der Waals surface area contributed by atoms with E-state index in [0.717, 1.165) is 18.2 Å². The van der Waals surface area contributed by atoms with E-state index in [9.17, 15) is 29.2 Å². The molecule has 0 heterocycles. The van der Waals surface area contributed by atoms with Crippen LogP contribution in [0.4, 0.5) is 4.39 Å². The number of hydrogen-bond donors (Lipinski definition) is 2. The molecule has 8 heteroatoms. The van der Waals surface area contributed by atoms with Crippen molar-refractivity contribution in [2.75, 3.05) is 0 Å². The zero-order chi connectivity index (χ0) is 16.5. The minimum Gasteiger partial charge on any atom is -0.478 e. The summed E-state index contributed by atoms with van der Waals surface area (Å²) in [6.07, 6.45) is 3.80. The van der Waals surface area contributed by atoms with Crippen LogP contribution in [0.5, 0.6) is 0 Å². The average Bonchev–Trinajstić information content (AvgIpc) is 2.47. The van der Waals surface area contributed by atoms with Crippen LogP contribution in [0.2, 0.25) is 0 Å². The molecule has 0 spiro atoms. The summed E-state index contributed by atoms with van der Waals surface area (Å²) < 4.78 is 13.7. The topological polar surface area (TPSA) is 118 Å². The number of halogens is 1. The largest absolute Gasteiger partial charge is 0.478 e. The van der Waals surface area contributed by atoms with Crippen molar-refractivity contribution in [1.82, 2.24) is 0 Å². The van der Waals surface area contributed by atoms with E-state index in [-0.39, 0.29) is 16.7 Å². The highest BCUT2D eigenvalue weighted by molar-refractivity contribution is 5.95. The second kappa shape index (κ2) is 5.40. The highest BCUT2D eigenvalue weighted by Crippen LogP contribution is 2.31. The molecule has 0 saturated carbocycles. The molecule has 114 valence electrons. The Morgan fingerprint density at radius 1 is 1.18 bits per heavy atom. The molecule has 0 saturated heterocycles. The van der Waals surface area contributed by atoms with E-state index in [1.54, 1.807) is 0 Å². The molecule has 7 nitrogen and oxygen atoms in total. The lowest BCUT2D eigenvalue weighted by atomic mass is 9.88. The van der Waals surface area contributed by atoms with Crippen LogP contribution in [-0.4, -0.2) is 32.9 Å². The number of carboxylic acid groups (broad SMARTS) is 2. The summed E-state index contributed by atoms with van der Waals surface area (Å²) in [4.78, 5) is 31.6. The Hall–Kier alpha value is -3.03. The molecule has 0 radical (unpaired) electrons. The fourth-order valence-electron chi connectivity index (χ4n) is 2.09. The van der Waals surface area contributed by atoms with Crippen molar-refractivity contribution < 1.29 is 29.1 Å². The van der Waals surface area contributed by atoms with Gasteiger partial charge in [0.15, 0.2) is 0 Å². The zero-order valence-electron chi connectivity index (χ0n) is 11.0. The van der Waals surface area contributed by atoms with Crippen molar-refractivity contribution in [1.29, 1.82) is 0 Å². The summed E-state index contributed by atoms with van der Waals surface area (Å²) in [5.74, 6) is -6.13. The average molecular weight is 307 g/mol.